The summed E-state index contributed by atoms with van der Waals surface area (Å²) in [5.74, 6) is -0.228. The van der Waals surface area contributed by atoms with Crippen LogP contribution in [0.3, 0.4) is 0 Å². The lowest BCUT2D eigenvalue weighted by molar-refractivity contribution is 0.0990. The van der Waals surface area contributed by atoms with Crippen molar-refractivity contribution in [2.75, 3.05) is 11.9 Å². The molecule has 0 radical (unpaired) electrons. The average Bonchev–Trinajstić information content (AvgIpc) is 3.07. The van der Waals surface area contributed by atoms with Crippen LogP contribution < -0.4 is 4.90 Å². The first-order valence-corrected chi connectivity index (χ1v) is 6.22. The van der Waals surface area contributed by atoms with E-state index in [1.807, 2.05) is 0 Å². The number of hydrogen-bond donors (Lipinski definition) is 2. The topological polar surface area (TPSA) is 90.6 Å². The summed E-state index contributed by atoms with van der Waals surface area (Å²) in [6, 6.07) is 0. The highest BCUT2D eigenvalue weighted by Gasteiger charge is 2.20. The summed E-state index contributed by atoms with van der Waals surface area (Å²) < 4.78 is 0.757. The van der Waals surface area contributed by atoms with Gasteiger partial charge in [-0.25, -0.2) is 9.97 Å². The quantitative estimate of drug-likeness (QED) is 0.752. The second-order valence-corrected chi connectivity index (χ2v) is 4.76. The van der Waals surface area contributed by atoms with Gasteiger partial charge in [0, 0.05) is 23.9 Å². The molecule has 3 rings (SSSR count). The maximum Gasteiger partial charge on any atom is 0.277 e. The molecule has 1 amide bonds. The third-order valence-corrected chi connectivity index (χ3v) is 3.43. The molecule has 96 valence electrons. The Bertz CT molecular complexity index is 735. The molecule has 8 heteroatoms. The second kappa shape index (κ2) is 4.47. The Morgan fingerprint density at radius 1 is 1.37 bits per heavy atom. The van der Waals surface area contributed by atoms with Crippen molar-refractivity contribution in [2.24, 2.45) is 0 Å². The van der Waals surface area contributed by atoms with Crippen LogP contribution in [0.25, 0.3) is 11.0 Å². The molecule has 7 nitrogen and oxygen atoms in total. The van der Waals surface area contributed by atoms with Gasteiger partial charge in [0.05, 0.1) is 17.3 Å². The number of rotatable bonds is 2. The van der Waals surface area contributed by atoms with Crippen LogP contribution in [0.15, 0.2) is 29.4 Å². The molecule has 19 heavy (non-hydrogen) atoms. The van der Waals surface area contributed by atoms with Crippen molar-refractivity contribution >= 4 is 38.6 Å². The van der Waals surface area contributed by atoms with Gasteiger partial charge in [-0.3, -0.25) is 9.89 Å². The standard InChI is InChI=1S/C11H9BrN6O/c1-18(6-2-16-17-3-6)11(19)9-8-7(12)4-13-10(8)15-5-14-9/h2-5H,1H3,(H,16,17)(H,13,14,15). The lowest BCUT2D eigenvalue weighted by Crippen LogP contribution is -2.27. The summed E-state index contributed by atoms with van der Waals surface area (Å²) >= 11 is 3.38. The summed E-state index contributed by atoms with van der Waals surface area (Å²) in [6.07, 6.45) is 6.31. The third kappa shape index (κ3) is 1.89. The van der Waals surface area contributed by atoms with E-state index in [0.717, 1.165) is 4.47 Å². The van der Waals surface area contributed by atoms with Crippen molar-refractivity contribution in [1.29, 1.82) is 0 Å². The number of aromatic amines is 2. The molecule has 0 aliphatic carbocycles. The molecule has 0 bridgehead atoms. The molecule has 0 unspecified atom stereocenters. The molecule has 0 spiro atoms. The molecule has 3 aromatic heterocycles. The molecule has 0 aromatic carbocycles. The monoisotopic (exact) mass is 320 g/mol. The predicted octanol–water partition coefficient (Wildman–Crippen LogP) is 1.72. The number of nitrogens with zero attached hydrogens (tertiary/aromatic N) is 4. The van der Waals surface area contributed by atoms with Gasteiger partial charge in [-0.05, 0) is 15.9 Å². The predicted molar refractivity (Wildman–Crippen MR) is 72.9 cm³/mol. The molecule has 0 atom stereocenters. The van der Waals surface area contributed by atoms with Crippen molar-refractivity contribution < 1.29 is 4.79 Å². The van der Waals surface area contributed by atoms with Crippen LogP contribution >= 0.6 is 15.9 Å². The fourth-order valence-corrected chi connectivity index (χ4v) is 2.28. The van der Waals surface area contributed by atoms with Crippen molar-refractivity contribution in [2.45, 2.75) is 0 Å². The van der Waals surface area contributed by atoms with Gasteiger partial charge in [0.25, 0.3) is 5.91 Å². The highest BCUT2D eigenvalue weighted by molar-refractivity contribution is 9.10. The number of carbonyl (C=O) groups is 1. The van der Waals surface area contributed by atoms with E-state index in [9.17, 15) is 4.79 Å². The summed E-state index contributed by atoms with van der Waals surface area (Å²) in [5, 5.41) is 7.16. The van der Waals surface area contributed by atoms with E-state index in [1.165, 1.54) is 11.2 Å². The van der Waals surface area contributed by atoms with Gasteiger partial charge in [-0.15, -0.1) is 0 Å². The minimum Gasteiger partial charge on any atom is -0.345 e. The number of nitrogens with one attached hydrogen (secondary N) is 2. The smallest absolute Gasteiger partial charge is 0.277 e. The van der Waals surface area contributed by atoms with Crippen molar-refractivity contribution in [3.63, 3.8) is 0 Å². The number of halogens is 1. The number of anilines is 1. The summed E-state index contributed by atoms with van der Waals surface area (Å²) in [7, 11) is 1.67. The average molecular weight is 321 g/mol. The van der Waals surface area contributed by atoms with Crippen molar-refractivity contribution in [3.8, 4) is 0 Å². The molecule has 0 fully saturated rings. The van der Waals surface area contributed by atoms with Gasteiger partial charge in [0.1, 0.15) is 17.7 Å². The maximum atomic E-state index is 12.5. The number of hydrogen-bond acceptors (Lipinski definition) is 4. The molecule has 0 saturated heterocycles. The normalized spacial score (nSPS) is 10.8. The van der Waals surface area contributed by atoms with Gasteiger partial charge >= 0.3 is 0 Å². The molecule has 3 heterocycles. The van der Waals surface area contributed by atoms with Crippen LogP contribution in [0.2, 0.25) is 0 Å². The van der Waals surface area contributed by atoms with Crippen LogP contribution in [-0.4, -0.2) is 38.1 Å². The van der Waals surface area contributed by atoms with E-state index in [-0.39, 0.29) is 5.91 Å². The molecule has 0 aliphatic rings. The summed E-state index contributed by atoms with van der Waals surface area (Å²) in [5.41, 5.74) is 1.62. The molecule has 0 aliphatic heterocycles. The first-order chi connectivity index (χ1) is 9.18. The van der Waals surface area contributed by atoms with E-state index >= 15 is 0 Å². The number of amides is 1. The molecular weight excluding hydrogens is 312 g/mol. The van der Waals surface area contributed by atoms with E-state index in [1.54, 1.807) is 25.6 Å². The fraction of sp³-hybridized carbons (Fsp3) is 0.0909. The zero-order valence-corrected chi connectivity index (χ0v) is 11.5. The first-order valence-electron chi connectivity index (χ1n) is 5.43. The highest BCUT2D eigenvalue weighted by atomic mass is 79.9. The second-order valence-electron chi connectivity index (χ2n) is 3.90. The Labute approximate surface area is 116 Å². The minimum atomic E-state index is -0.228. The van der Waals surface area contributed by atoms with Gasteiger partial charge < -0.3 is 9.88 Å². The molecule has 0 saturated carbocycles. The maximum absolute atomic E-state index is 12.5. The van der Waals surface area contributed by atoms with Crippen LogP contribution in [0.1, 0.15) is 10.5 Å². The fourth-order valence-electron chi connectivity index (χ4n) is 1.79. The highest BCUT2D eigenvalue weighted by Crippen LogP contribution is 2.25. The SMILES string of the molecule is CN(C(=O)c1ncnc2[nH]cc(Br)c12)c1cn[nH]c1. The minimum absolute atomic E-state index is 0.228. The number of aromatic nitrogens is 5. The van der Waals surface area contributed by atoms with Crippen LogP contribution in [-0.2, 0) is 0 Å². The first kappa shape index (κ1) is 11.8. The number of H-pyrrole nitrogens is 2. The van der Waals surface area contributed by atoms with E-state index in [2.05, 4.69) is 41.1 Å². The van der Waals surface area contributed by atoms with E-state index in [0.29, 0.717) is 22.4 Å². The van der Waals surface area contributed by atoms with E-state index < -0.39 is 0 Å². The molecule has 2 N–H and O–H groups in total. The van der Waals surface area contributed by atoms with Crippen LogP contribution in [0.4, 0.5) is 5.69 Å². The zero-order valence-electron chi connectivity index (χ0n) is 9.88. The van der Waals surface area contributed by atoms with Crippen molar-refractivity contribution in [3.05, 3.63) is 35.1 Å². The summed E-state index contributed by atoms with van der Waals surface area (Å²) in [6.45, 7) is 0. The van der Waals surface area contributed by atoms with Gasteiger partial charge in [0.2, 0.25) is 0 Å². The molecule has 3 aromatic rings. The summed E-state index contributed by atoms with van der Waals surface area (Å²) in [4.78, 5) is 25.1. The Hall–Kier alpha value is -2.22. The van der Waals surface area contributed by atoms with Gasteiger partial charge in [0.15, 0.2) is 0 Å². The van der Waals surface area contributed by atoms with Gasteiger partial charge in [-0.2, -0.15) is 5.10 Å². The van der Waals surface area contributed by atoms with Crippen LogP contribution in [0.5, 0.6) is 0 Å². The van der Waals surface area contributed by atoms with Gasteiger partial charge in [-0.1, -0.05) is 0 Å². The van der Waals surface area contributed by atoms with Crippen molar-refractivity contribution in [1.82, 2.24) is 25.1 Å². The zero-order chi connectivity index (χ0) is 13.4. The Kier molecular flexibility index (Phi) is 2.79. The lowest BCUT2D eigenvalue weighted by Gasteiger charge is -2.14. The number of carbonyl (C=O) groups excluding carboxylic acids is 1. The molecular formula is C11H9BrN6O. The van der Waals surface area contributed by atoms with Crippen LogP contribution in [0, 0.1) is 0 Å². The lowest BCUT2D eigenvalue weighted by atomic mass is 10.2. The Balaban J connectivity index is 2.09. The Morgan fingerprint density at radius 3 is 2.95 bits per heavy atom. The van der Waals surface area contributed by atoms with E-state index in [4.69, 9.17) is 0 Å². The largest absolute Gasteiger partial charge is 0.345 e. The Morgan fingerprint density at radius 2 is 2.21 bits per heavy atom. The third-order valence-electron chi connectivity index (χ3n) is 2.80. The number of fused-ring (bicyclic) bond motifs is 1.